The Morgan fingerprint density at radius 2 is 2.04 bits per heavy atom. The molecule has 0 unspecified atom stereocenters. The first-order valence-electron chi connectivity index (χ1n) is 8.08. The van der Waals surface area contributed by atoms with Crippen LogP contribution >= 0.6 is 0 Å². The van der Waals surface area contributed by atoms with Crippen molar-refractivity contribution >= 4 is 12.1 Å². The summed E-state index contributed by atoms with van der Waals surface area (Å²) in [6.07, 6.45) is 2.91. The summed E-state index contributed by atoms with van der Waals surface area (Å²) in [6.45, 7) is 0.231. The van der Waals surface area contributed by atoms with E-state index >= 15 is 0 Å². The van der Waals surface area contributed by atoms with Gasteiger partial charge < -0.3 is 13.9 Å². The Bertz CT molecular complexity index is 922. The van der Waals surface area contributed by atoms with Crippen LogP contribution in [0.25, 0.3) is 0 Å². The van der Waals surface area contributed by atoms with Crippen molar-refractivity contribution in [2.45, 2.75) is 6.61 Å². The third-order valence-corrected chi connectivity index (χ3v) is 3.64. The van der Waals surface area contributed by atoms with Gasteiger partial charge in [-0.25, -0.2) is 9.82 Å². The third kappa shape index (κ3) is 4.94. The van der Waals surface area contributed by atoms with Gasteiger partial charge in [0.15, 0.2) is 5.76 Å². The molecule has 0 radical (unpaired) electrons. The fourth-order valence-corrected chi connectivity index (χ4v) is 2.31. The van der Waals surface area contributed by atoms with Crippen molar-refractivity contribution in [2.24, 2.45) is 5.10 Å². The molecule has 1 amide bonds. The highest BCUT2D eigenvalue weighted by Gasteiger charge is 2.07. The van der Waals surface area contributed by atoms with Gasteiger partial charge >= 0.3 is 5.91 Å². The van der Waals surface area contributed by atoms with Gasteiger partial charge in [-0.2, -0.15) is 5.10 Å². The number of carbonyl (C=O) groups excluding carboxylic acids is 1. The minimum absolute atomic E-state index is 0.176. The van der Waals surface area contributed by atoms with Crippen molar-refractivity contribution in [1.82, 2.24) is 5.43 Å². The summed E-state index contributed by atoms with van der Waals surface area (Å²) in [7, 11) is 1.56. The summed E-state index contributed by atoms with van der Waals surface area (Å²) in [6, 6.07) is 14.3. The zero-order valence-corrected chi connectivity index (χ0v) is 14.5. The minimum Gasteiger partial charge on any atom is -0.496 e. The molecule has 3 aromatic rings. The van der Waals surface area contributed by atoms with Gasteiger partial charge in [0, 0.05) is 5.56 Å². The maximum absolute atomic E-state index is 13.0. The number of ether oxygens (including phenoxy) is 2. The molecule has 27 heavy (non-hydrogen) atoms. The maximum atomic E-state index is 13.0. The van der Waals surface area contributed by atoms with Gasteiger partial charge in [-0.3, -0.25) is 4.79 Å². The lowest BCUT2D eigenvalue weighted by molar-refractivity contribution is 0.0927. The van der Waals surface area contributed by atoms with E-state index in [1.165, 1.54) is 24.6 Å². The van der Waals surface area contributed by atoms with E-state index in [9.17, 15) is 9.18 Å². The number of hydrazone groups is 1. The number of amides is 1. The lowest BCUT2D eigenvalue weighted by Crippen LogP contribution is -2.16. The van der Waals surface area contributed by atoms with Gasteiger partial charge in [0.05, 0.1) is 19.6 Å². The lowest BCUT2D eigenvalue weighted by atomic mass is 10.1. The largest absolute Gasteiger partial charge is 0.496 e. The minimum atomic E-state index is -0.440. The van der Waals surface area contributed by atoms with Gasteiger partial charge in [-0.1, -0.05) is 0 Å². The fraction of sp³-hybridized carbons (Fsp3) is 0.100. The average molecular weight is 368 g/mol. The first-order valence-corrected chi connectivity index (χ1v) is 8.08. The van der Waals surface area contributed by atoms with E-state index in [1.807, 2.05) is 6.07 Å². The Labute approximate surface area is 155 Å². The highest BCUT2D eigenvalue weighted by Crippen LogP contribution is 2.22. The van der Waals surface area contributed by atoms with Crippen molar-refractivity contribution in [3.63, 3.8) is 0 Å². The Balaban J connectivity index is 1.66. The van der Waals surface area contributed by atoms with Gasteiger partial charge in [0.25, 0.3) is 0 Å². The van der Waals surface area contributed by atoms with Crippen molar-refractivity contribution in [3.8, 4) is 11.5 Å². The molecule has 0 fully saturated rings. The predicted octanol–water partition coefficient (Wildman–Crippen LogP) is 3.77. The first kappa shape index (κ1) is 18.2. The molecule has 7 heteroatoms. The standard InChI is InChI=1S/C20H17FN2O4/c1-25-18-9-4-14(12-22-23-20(24)19-3-2-10-26-19)11-15(18)13-27-17-7-5-16(21)6-8-17/h2-12H,13H2,1H3,(H,23,24)/b22-12+. The molecule has 0 aliphatic carbocycles. The first-order chi connectivity index (χ1) is 13.2. The molecule has 0 atom stereocenters. The smallest absolute Gasteiger partial charge is 0.307 e. The molecular weight excluding hydrogens is 351 g/mol. The molecule has 0 aliphatic heterocycles. The van der Waals surface area contributed by atoms with Gasteiger partial charge in [-0.05, 0) is 60.2 Å². The number of carbonyl (C=O) groups is 1. The number of furan rings is 1. The van der Waals surface area contributed by atoms with Crippen LogP contribution in [0, 0.1) is 5.82 Å². The van der Waals surface area contributed by atoms with Crippen LogP contribution in [0.15, 0.2) is 70.4 Å². The summed E-state index contributed by atoms with van der Waals surface area (Å²) in [5, 5.41) is 3.91. The highest BCUT2D eigenvalue weighted by atomic mass is 19.1. The fourth-order valence-electron chi connectivity index (χ4n) is 2.31. The third-order valence-electron chi connectivity index (χ3n) is 3.64. The second-order valence-electron chi connectivity index (χ2n) is 5.49. The van der Waals surface area contributed by atoms with Crippen LogP contribution in [-0.4, -0.2) is 19.2 Å². The monoisotopic (exact) mass is 368 g/mol. The molecule has 0 saturated carbocycles. The van der Waals surface area contributed by atoms with Crippen molar-refractivity contribution < 1.29 is 23.1 Å². The molecule has 2 aromatic carbocycles. The summed E-state index contributed by atoms with van der Waals surface area (Å²) >= 11 is 0. The van der Waals surface area contributed by atoms with E-state index in [2.05, 4.69) is 10.5 Å². The molecule has 1 heterocycles. The van der Waals surface area contributed by atoms with Crippen LogP contribution in [0.5, 0.6) is 11.5 Å². The number of hydrogen-bond donors (Lipinski definition) is 1. The van der Waals surface area contributed by atoms with E-state index in [4.69, 9.17) is 13.9 Å². The summed E-state index contributed by atoms with van der Waals surface area (Å²) in [5.74, 6) is 0.603. The number of benzene rings is 2. The van der Waals surface area contributed by atoms with Gasteiger partial charge in [-0.15, -0.1) is 0 Å². The second kappa shape index (κ2) is 8.66. The highest BCUT2D eigenvalue weighted by molar-refractivity contribution is 5.92. The number of nitrogens with one attached hydrogen (secondary N) is 1. The summed E-state index contributed by atoms with van der Waals surface area (Å²) < 4.78 is 28.9. The Kier molecular flexibility index (Phi) is 5.84. The van der Waals surface area contributed by atoms with E-state index < -0.39 is 5.91 Å². The number of halogens is 1. The normalized spacial score (nSPS) is 10.7. The van der Waals surface area contributed by atoms with Crippen LogP contribution in [0.3, 0.4) is 0 Å². The Morgan fingerprint density at radius 1 is 1.22 bits per heavy atom. The van der Waals surface area contributed by atoms with Crippen molar-refractivity contribution in [3.05, 3.63) is 83.6 Å². The predicted molar refractivity (Wildman–Crippen MR) is 97.5 cm³/mol. The molecule has 0 bridgehead atoms. The topological polar surface area (TPSA) is 73.1 Å². The quantitative estimate of drug-likeness (QED) is 0.509. The van der Waals surface area contributed by atoms with Gasteiger partial charge in [0.2, 0.25) is 0 Å². The summed E-state index contributed by atoms with van der Waals surface area (Å²) in [4.78, 5) is 11.8. The molecular formula is C20H17FN2O4. The zero-order valence-electron chi connectivity index (χ0n) is 14.5. The number of methoxy groups -OCH3 is 1. The average Bonchev–Trinajstić information content (AvgIpc) is 3.22. The van der Waals surface area contributed by atoms with Crippen molar-refractivity contribution in [1.29, 1.82) is 0 Å². The molecule has 6 nitrogen and oxygen atoms in total. The molecule has 138 valence electrons. The Morgan fingerprint density at radius 3 is 2.74 bits per heavy atom. The van der Waals surface area contributed by atoms with Crippen molar-refractivity contribution in [2.75, 3.05) is 7.11 Å². The molecule has 1 aromatic heterocycles. The number of rotatable bonds is 7. The summed E-state index contributed by atoms with van der Waals surface area (Å²) in [5.41, 5.74) is 3.91. The SMILES string of the molecule is COc1ccc(/C=N/NC(=O)c2ccco2)cc1COc1ccc(F)cc1. The zero-order chi connectivity index (χ0) is 19.1. The van der Waals surface area contributed by atoms with E-state index in [0.29, 0.717) is 11.5 Å². The lowest BCUT2D eigenvalue weighted by Gasteiger charge is -2.11. The molecule has 3 rings (SSSR count). The molecule has 1 N–H and O–H groups in total. The molecule has 0 spiro atoms. The van der Waals surface area contributed by atoms with Crippen LogP contribution in [-0.2, 0) is 6.61 Å². The van der Waals surface area contributed by atoms with Crippen LogP contribution < -0.4 is 14.9 Å². The van der Waals surface area contributed by atoms with E-state index in [1.54, 1.807) is 43.5 Å². The maximum Gasteiger partial charge on any atom is 0.307 e. The van der Waals surface area contributed by atoms with Crippen LogP contribution in [0.2, 0.25) is 0 Å². The van der Waals surface area contributed by atoms with E-state index in [0.717, 1.165) is 11.1 Å². The van der Waals surface area contributed by atoms with Gasteiger partial charge in [0.1, 0.15) is 23.9 Å². The molecule has 0 aliphatic rings. The second-order valence-corrected chi connectivity index (χ2v) is 5.49. The number of nitrogens with zero attached hydrogens (tertiary/aromatic N) is 1. The Hall–Kier alpha value is -3.61. The van der Waals surface area contributed by atoms with Crippen LogP contribution in [0.1, 0.15) is 21.7 Å². The van der Waals surface area contributed by atoms with Crippen LogP contribution in [0.4, 0.5) is 4.39 Å². The number of hydrogen-bond acceptors (Lipinski definition) is 5. The van der Waals surface area contributed by atoms with E-state index in [-0.39, 0.29) is 18.2 Å². The molecule has 0 saturated heterocycles.